The minimum absolute atomic E-state index is 0.0465. The van der Waals surface area contributed by atoms with Crippen LogP contribution in [0.5, 0.6) is 0 Å². The van der Waals surface area contributed by atoms with Crippen molar-refractivity contribution in [3.63, 3.8) is 0 Å². The first kappa shape index (κ1) is 27.5. The molecule has 1 unspecified atom stereocenters. The first-order valence-corrected chi connectivity index (χ1v) is 10.9. The normalized spacial score (nSPS) is 22.2. The molecule has 1 aliphatic carbocycles. The Hall–Kier alpha value is -1.51. The summed E-state index contributed by atoms with van der Waals surface area (Å²) < 4.78 is 4.76. The van der Waals surface area contributed by atoms with Crippen LogP contribution < -0.4 is 0 Å². The number of unbranched alkanes of at least 4 members (excludes halogenated alkanes) is 1. The summed E-state index contributed by atoms with van der Waals surface area (Å²) in [5.41, 5.74) is -0.836. The molecule has 1 saturated heterocycles. The second-order valence-electron chi connectivity index (χ2n) is 7.24. The Bertz CT molecular complexity index is 543. The Kier molecular flexibility index (Phi) is 14.5. The molecule has 166 valence electrons. The molecule has 0 radical (unpaired) electrons. The molecule has 7 nitrogen and oxygen atoms in total. The van der Waals surface area contributed by atoms with E-state index in [0.29, 0.717) is 12.7 Å². The predicted octanol–water partition coefficient (Wildman–Crippen LogP) is 2.54. The molecule has 8 heteroatoms. The van der Waals surface area contributed by atoms with E-state index in [1.807, 2.05) is 0 Å². The summed E-state index contributed by atoms with van der Waals surface area (Å²) in [7, 11) is 3.78. The number of hydrogen-bond acceptors (Lipinski definition) is 7. The van der Waals surface area contributed by atoms with Gasteiger partial charge in [-0.15, -0.1) is 0 Å². The molecular formula is C21H36N2O5S. The summed E-state index contributed by atoms with van der Waals surface area (Å²) in [6, 6.07) is 0. The van der Waals surface area contributed by atoms with Crippen LogP contribution in [0.15, 0.2) is 12.2 Å². The first-order valence-electron chi connectivity index (χ1n) is 10.0. The van der Waals surface area contributed by atoms with Gasteiger partial charge in [-0.2, -0.15) is 0 Å². The van der Waals surface area contributed by atoms with Gasteiger partial charge >= 0.3 is 0 Å². The van der Waals surface area contributed by atoms with Gasteiger partial charge in [0, 0.05) is 44.8 Å². The standard InChI is InChI=1S/C10H12O3.C6H12N2O.C5H12OS/c1-3-10(6-11)5-8(12)4-7(2)9(10)13;1-7-2-4-8(6-9)5-3-7;1-3-4-5-7-6-2/h6H,2-5H2,1H3;6H,2-5H2,1H3;3-5H2,1-2H3. The molecule has 0 N–H and O–H groups in total. The van der Waals surface area contributed by atoms with Crippen molar-refractivity contribution in [1.29, 1.82) is 0 Å². The lowest BCUT2D eigenvalue weighted by molar-refractivity contribution is -0.140. The fourth-order valence-electron chi connectivity index (χ4n) is 2.84. The Morgan fingerprint density at radius 3 is 2.24 bits per heavy atom. The lowest BCUT2D eigenvalue weighted by Crippen LogP contribution is -2.43. The lowest BCUT2D eigenvalue weighted by atomic mass is 9.70. The largest absolute Gasteiger partial charge is 0.343 e. The fourth-order valence-corrected chi connectivity index (χ4v) is 3.42. The van der Waals surface area contributed by atoms with Gasteiger partial charge in [-0.25, -0.2) is 0 Å². The van der Waals surface area contributed by atoms with Gasteiger partial charge in [0.05, 0.1) is 12.5 Å². The van der Waals surface area contributed by atoms with Gasteiger partial charge < -0.3 is 18.8 Å². The van der Waals surface area contributed by atoms with Gasteiger partial charge in [0.2, 0.25) is 6.41 Å². The van der Waals surface area contributed by atoms with E-state index in [0.717, 1.165) is 38.3 Å². The molecule has 1 saturated carbocycles. The van der Waals surface area contributed by atoms with E-state index in [4.69, 9.17) is 4.18 Å². The maximum Gasteiger partial charge on any atom is 0.209 e. The molecule has 1 heterocycles. The molecule has 2 aliphatic rings. The van der Waals surface area contributed by atoms with E-state index in [2.05, 4.69) is 25.5 Å². The number of aldehydes is 1. The molecule has 2 rings (SSSR count). The second-order valence-corrected chi connectivity index (χ2v) is 8.22. The van der Waals surface area contributed by atoms with Crippen molar-refractivity contribution in [2.45, 2.75) is 46.0 Å². The quantitative estimate of drug-likeness (QED) is 0.203. The zero-order valence-corrected chi connectivity index (χ0v) is 19.1. The number of amides is 1. The summed E-state index contributed by atoms with van der Waals surface area (Å²) in [4.78, 5) is 47.8. The van der Waals surface area contributed by atoms with Crippen LogP contribution in [0, 0.1) is 5.41 Å². The van der Waals surface area contributed by atoms with Gasteiger partial charge in [0.1, 0.15) is 12.1 Å². The van der Waals surface area contributed by atoms with Crippen LogP contribution in [0.1, 0.15) is 46.0 Å². The molecule has 1 atom stereocenters. The highest BCUT2D eigenvalue weighted by molar-refractivity contribution is 7.94. The van der Waals surface area contributed by atoms with E-state index >= 15 is 0 Å². The third-order valence-corrected chi connectivity index (χ3v) is 5.63. The third kappa shape index (κ3) is 10.2. The number of Topliss-reactive ketones (excluding diaryl/α,β-unsaturated/α-hetero) is 2. The molecule has 0 aromatic rings. The third-order valence-electron chi connectivity index (χ3n) is 4.94. The average Bonchev–Trinajstić information content (AvgIpc) is 2.73. The van der Waals surface area contributed by atoms with Gasteiger partial charge in [-0.3, -0.25) is 14.4 Å². The van der Waals surface area contributed by atoms with E-state index in [-0.39, 0.29) is 30.0 Å². The van der Waals surface area contributed by atoms with Crippen molar-refractivity contribution >= 4 is 36.3 Å². The summed E-state index contributed by atoms with van der Waals surface area (Å²) >= 11 is 1.53. The van der Waals surface area contributed by atoms with Gasteiger partial charge in [0.15, 0.2) is 5.78 Å². The monoisotopic (exact) mass is 428 g/mol. The predicted molar refractivity (Wildman–Crippen MR) is 117 cm³/mol. The number of carbonyl (C=O) groups is 4. The van der Waals surface area contributed by atoms with Crippen LogP contribution in [0.3, 0.4) is 0 Å². The minimum Gasteiger partial charge on any atom is -0.343 e. The van der Waals surface area contributed by atoms with Gasteiger partial charge in [-0.1, -0.05) is 26.8 Å². The number of hydrogen-bond donors (Lipinski definition) is 0. The molecule has 1 aliphatic heterocycles. The Balaban J connectivity index is 0.000000430. The summed E-state index contributed by atoms with van der Waals surface area (Å²) in [6.45, 7) is 11.2. The zero-order chi connectivity index (χ0) is 22.3. The van der Waals surface area contributed by atoms with Crippen molar-refractivity contribution in [3.05, 3.63) is 12.2 Å². The van der Waals surface area contributed by atoms with Crippen LogP contribution in [0.4, 0.5) is 0 Å². The van der Waals surface area contributed by atoms with E-state index in [9.17, 15) is 19.2 Å². The average molecular weight is 429 g/mol. The number of likely N-dealkylation sites (N-methyl/N-ethyl adjacent to an activating group) is 1. The van der Waals surface area contributed by atoms with Crippen LogP contribution in [0.25, 0.3) is 0 Å². The van der Waals surface area contributed by atoms with E-state index in [1.54, 1.807) is 18.9 Å². The highest BCUT2D eigenvalue weighted by atomic mass is 32.2. The number of carbonyl (C=O) groups excluding carboxylic acids is 4. The topological polar surface area (TPSA) is 84.0 Å². The molecule has 0 bridgehead atoms. The fraction of sp³-hybridized carbons (Fsp3) is 0.714. The highest BCUT2D eigenvalue weighted by Crippen LogP contribution is 2.34. The molecule has 29 heavy (non-hydrogen) atoms. The SMILES string of the molecule is C=C1CC(=O)CC(C=O)(CC)C1=O.CCCCSOC.CN1CCN(C=O)CC1. The Labute approximate surface area is 179 Å². The summed E-state index contributed by atoms with van der Waals surface area (Å²) in [5.74, 6) is 0.802. The van der Waals surface area contributed by atoms with Crippen molar-refractivity contribution in [1.82, 2.24) is 9.80 Å². The summed E-state index contributed by atoms with van der Waals surface area (Å²) in [6.07, 6.45) is 4.57. The van der Waals surface area contributed by atoms with Gasteiger partial charge in [0.25, 0.3) is 0 Å². The second kappa shape index (κ2) is 15.3. The van der Waals surface area contributed by atoms with Crippen molar-refractivity contribution < 1.29 is 23.4 Å². The molecule has 2 fully saturated rings. The first-order chi connectivity index (χ1) is 13.8. The smallest absolute Gasteiger partial charge is 0.209 e. The molecule has 0 spiro atoms. The van der Waals surface area contributed by atoms with Crippen molar-refractivity contribution in [3.8, 4) is 0 Å². The Morgan fingerprint density at radius 1 is 1.17 bits per heavy atom. The van der Waals surface area contributed by atoms with Crippen molar-refractivity contribution in [2.24, 2.45) is 5.41 Å². The number of nitrogens with zero attached hydrogens (tertiary/aromatic N) is 2. The molecule has 1 amide bonds. The highest BCUT2D eigenvalue weighted by Gasteiger charge is 2.43. The van der Waals surface area contributed by atoms with Crippen LogP contribution in [-0.4, -0.2) is 80.2 Å². The van der Waals surface area contributed by atoms with Crippen LogP contribution >= 0.6 is 12.0 Å². The maximum absolute atomic E-state index is 11.6. The lowest BCUT2D eigenvalue weighted by Gasteiger charge is -2.29. The van der Waals surface area contributed by atoms with E-state index in [1.165, 1.54) is 24.9 Å². The van der Waals surface area contributed by atoms with Crippen molar-refractivity contribution in [2.75, 3.05) is 46.1 Å². The number of ketones is 2. The maximum atomic E-state index is 11.6. The zero-order valence-electron chi connectivity index (χ0n) is 18.3. The van der Waals surface area contributed by atoms with E-state index < -0.39 is 5.41 Å². The molecule has 0 aromatic heterocycles. The number of rotatable bonds is 7. The molecular weight excluding hydrogens is 392 g/mol. The number of piperazine rings is 1. The minimum atomic E-state index is -1.10. The number of allylic oxidation sites excluding steroid dienone is 1. The van der Waals surface area contributed by atoms with Gasteiger partial charge in [-0.05, 0) is 37.5 Å². The van der Waals surface area contributed by atoms with Crippen LogP contribution in [0.2, 0.25) is 0 Å². The van der Waals surface area contributed by atoms with Crippen LogP contribution in [-0.2, 0) is 23.4 Å². The summed E-state index contributed by atoms with van der Waals surface area (Å²) in [5, 5.41) is 0. The molecule has 0 aromatic carbocycles. The Morgan fingerprint density at radius 2 is 1.79 bits per heavy atom.